The molecule has 0 saturated heterocycles. The van der Waals surface area contributed by atoms with Crippen molar-refractivity contribution in [3.8, 4) is 22.3 Å². The van der Waals surface area contributed by atoms with Crippen molar-refractivity contribution in [2.45, 2.75) is 0 Å². The van der Waals surface area contributed by atoms with Crippen LogP contribution in [0, 0.1) is 0 Å². The Bertz CT molecular complexity index is 3090. The number of para-hydroxylation sites is 6. The lowest BCUT2D eigenvalue weighted by atomic mass is 9.95. The van der Waals surface area contributed by atoms with Gasteiger partial charge in [0.25, 0.3) is 0 Å². The number of furan rings is 3. The van der Waals surface area contributed by atoms with Crippen molar-refractivity contribution in [3.05, 3.63) is 176 Å². The lowest BCUT2D eigenvalue weighted by Crippen LogP contribution is -2.09. The van der Waals surface area contributed by atoms with Gasteiger partial charge >= 0.3 is 0 Å². The van der Waals surface area contributed by atoms with E-state index in [0.29, 0.717) is 0 Å². The first-order chi connectivity index (χ1) is 25.8. The van der Waals surface area contributed by atoms with Crippen molar-refractivity contribution in [1.29, 1.82) is 0 Å². The van der Waals surface area contributed by atoms with Crippen molar-refractivity contribution in [2.75, 3.05) is 4.90 Å². The molecule has 3 heterocycles. The fourth-order valence-electron chi connectivity index (χ4n) is 7.98. The second-order valence-electron chi connectivity index (χ2n) is 13.2. The third-order valence-electron chi connectivity index (χ3n) is 10.3. The van der Waals surface area contributed by atoms with Gasteiger partial charge in [0.1, 0.15) is 33.5 Å². The fraction of sp³-hybridized carbons (Fsp3) is 0. The highest BCUT2D eigenvalue weighted by Gasteiger charge is 2.22. The largest absolute Gasteiger partial charge is 0.455 e. The van der Waals surface area contributed by atoms with Gasteiger partial charge in [-0.3, -0.25) is 0 Å². The molecule has 244 valence electrons. The molecular weight excluding hydrogens is 639 g/mol. The number of nitrogens with zero attached hydrogens (tertiary/aromatic N) is 1. The molecule has 52 heavy (non-hydrogen) atoms. The smallest absolute Gasteiger partial charge is 0.143 e. The Morgan fingerprint density at radius 3 is 1.44 bits per heavy atom. The number of anilines is 3. The van der Waals surface area contributed by atoms with E-state index in [2.05, 4.69) is 157 Å². The van der Waals surface area contributed by atoms with E-state index >= 15 is 0 Å². The van der Waals surface area contributed by atoms with Crippen LogP contribution in [0.25, 0.3) is 88.1 Å². The zero-order chi connectivity index (χ0) is 34.2. The maximum Gasteiger partial charge on any atom is 0.143 e. The molecule has 4 nitrogen and oxygen atoms in total. The number of fused-ring (bicyclic) bond motifs is 9. The molecule has 4 heteroatoms. The summed E-state index contributed by atoms with van der Waals surface area (Å²) in [5.41, 5.74) is 12.4. The highest BCUT2D eigenvalue weighted by atomic mass is 16.3. The van der Waals surface area contributed by atoms with Gasteiger partial charge in [0.05, 0.1) is 0 Å². The standard InChI is InChI=1S/C48H29NO3/c1-3-13-30(14-4-1)49(31-15-5-2-6-16-31)32-27-28-43-41(29-32)39-23-10-21-37(47(39)51-43)38-22-11-24-40-45-34(18-12-26-44(45)52-48(38)40)36-20-9-19-35-33-17-7-8-25-42(33)50-46(35)36/h1-29H. The summed E-state index contributed by atoms with van der Waals surface area (Å²) < 4.78 is 19.9. The molecule has 0 atom stereocenters. The van der Waals surface area contributed by atoms with E-state index in [0.717, 1.165) is 105 Å². The van der Waals surface area contributed by atoms with E-state index in [1.165, 1.54) is 0 Å². The van der Waals surface area contributed by atoms with Gasteiger partial charge in [-0.2, -0.15) is 0 Å². The predicted octanol–water partition coefficient (Wildman–Crippen LogP) is 14.2. The molecule has 11 rings (SSSR count). The summed E-state index contributed by atoms with van der Waals surface area (Å²) in [6.07, 6.45) is 0. The number of hydrogen-bond donors (Lipinski definition) is 0. The summed E-state index contributed by atoms with van der Waals surface area (Å²) in [7, 11) is 0. The van der Waals surface area contributed by atoms with Crippen molar-refractivity contribution >= 4 is 82.9 Å². The summed E-state index contributed by atoms with van der Waals surface area (Å²) in [6.45, 7) is 0. The number of rotatable bonds is 5. The van der Waals surface area contributed by atoms with Crippen LogP contribution in [0.1, 0.15) is 0 Å². The Hall–Kier alpha value is -7.04. The van der Waals surface area contributed by atoms with E-state index in [1.807, 2.05) is 24.3 Å². The van der Waals surface area contributed by atoms with Crippen LogP contribution in [-0.4, -0.2) is 0 Å². The molecule has 0 amide bonds. The molecule has 0 aliphatic heterocycles. The van der Waals surface area contributed by atoms with E-state index < -0.39 is 0 Å². The number of hydrogen-bond acceptors (Lipinski definition) is 4. The molecule has 0 bridgehead atoms. The molecule has 3 aromatic heterocycles. The molecule has 0 N–H and O–H groups in total. The van der Waals surface area contributed by atoms with Crippen LogP contribution >= 0.6 is 0 Å². The molecule has 0 fully saturated rings. The lowest BCUT2D eigenvalue weighted by molar-refractivity contribution is 0.665. The fourth-order valence-corrected chi connectivity index (χ4v) is 7.98. The molecule has 8 aromatic carbocycles. The minimum absolute atomic E-state index is 0.828. The van der Waals surface area contributed by atoms with Crippen molar-refractivity contribution in [1.82, 2.24) is 0 Å². The zero-order valence-corrected chi connectivity index (χ0v) is 27.9. The van der Waals surface area contributed by atoms with Gasteiger partial charge in [0.15, 0.2) is 0 Å². The van der Waals surface area contributed by atoms with Gasteiger partial charge in [0, 0.05) is 66.1 Å². The highest BCUT2D eigenvalue weighted by molar-refractivity contribution is 6.20. The second-order valence-corrected chi connectivity index (χ2v) is 13.2. The molecule has 0 spiro atoms. The summed E-state index contributed by atoms with van der Waals surface area (Å²) in [5.74, 6) is 0. The first-order valence-electron chi connectivity index (χ1n) is 17.5. The Morgan fingerprint density at radius 1 is 0.288 bits per heavy atom. The van der Waals surface area contributed by atoms with Crippen LogP contribution in [-0.2, 0) is 0 Å². The van der Waals surface area contributed by atoms with Crippen molar-refractivity contribution in [2.24, 2.45) is 0 Å². The maximum absolute atomic E-state index is 6.76. The monoisotopic (exact) mass is 667 g/mol. The van der Waals surface area contributed by atoms with Gasteiger partial charge in [0.2, 0.25) is 0 Å². The lowest BCUT2D eigenvalue weighted by Gasteiger charge is -2.25. The zero-order valence-electron chi connectivity index (χ0n) is 27.9. The summed E-state index contributed by atoms with van der Waals surface area (Å²) in [6, 6.07) is 61.1. The van der Waals surface area contributed by atoms with Crippen molar-refractivity contribution in [3.63, 3.8) is 0 Å². The number of benzene rings is 8. The topological polar surface area (TPSA) is 42.7 Å². The third kappa shape index (κ3) is 4.28. The Balaban J connectivity index is 1.10. The minimum Gasteiger partial charge on any atom is -0.455 e. The minimum atomic E-state index is 0.828. The van der Waals surface area contributed by atoms with Gasteiger partial charge in [-0.1, -0.05) is 121 Å². The van der Waals surface area contributed by atoms with Gasteiger partial charge in [-0.05, 0) is 60.2 Å². The van der Waals surface area contributed by atoms with E-state index in [-0.39, 0.29) is 0 Å². The van der Waals surface area contributed by atoms with E-state index in [4.69, 9.17) is 13.3 Å². The second kappa shape index (κ2) is 11.2. The molecule has 11 aromatic rings. The molecule has 0 aliphatic rings. The Kier molecular flexibility index (Phi) is 6.22. The normalized spacial score (nSPS) is 11.8. The highest BCUT2D eigenvalue weighted by Crippen LogP contribution is 2.46. The summed E-state index contributed by atoms with van der Waals surface area (Å²) >= 11 is 0. The van der Waals surface area contributed by atoms with Crippen LogP contribution < -0.4 is 4.90 Å². The first kappa shape index (κ1) is 28.8. The van der Waals surface area contributed by atoms with Crippen LogP contribution in [0.15, 0.2) is 189 Å². The predicted molar refractivity (Wildman–Crippen MR) is 214 cm³/mol. The SMILES string of the molecule is c1ccc(N(c2ccccc2)c2ccc3oc4c(-c5cccc6c5oc5cccc(-c7cccc8c7oc7ccccc78)c56)cccc4c3c2)cc1. The quantitative estimate of drug-likeness (QED) is 0.183. The van der Waals surface area contributed by atoms with Gasteiger partial charge in [-0.15, -0.1) is 0 Å². The molecular formula is C48H29NO3. The van der Waals surface area contributed by atoms with Crippen LogP contribution in [0.2, 0.25) is 0 Å². The first-order valence-corrected chi connectivity index (χ1v) is 17.5. The molecule has 0 unspecified atom stereocenters. The summed E-state index contributed by atoms with van der Waals surface area (Å²) in [5, 5.41) is 6.45. The molecule has 0 aliphatic carbocycles. The molecule has 0 saturated carbocycles. The third-order valence-corrected chi connectivity index (χ3v) is 10.3. The maximum atomic E-state index is 6.76. The van der Waals surface area contributed by atoms with Crippen molar-refractivity contribution < 1.29 is 13.3 Å². The Morgan fingerprint density at radius 2 is 0.750 bits per heavy atom. The van der Waals surface area contributed by atoms with Crippen LogP contribution in [0.5, 0.6) is 0 Å². The van der Waals surface area contributed by atoms with Gasteiger partial charge in [-0.25, -0.2) is 0 Å². The van der Waals surface area contributed by atoms with Crippen LogP contribution in [0.4, 0.5) is 17.1 Å². The average Bonchev–Trinajstić information content (AvgIpc) is 3.90. The Labute approximate surface area is 298 Å². The van der Waals surface area contributed by atoms with Gasteiger partial charge < -0.3 is 18.2 Å². The van der Waals surface area contributed by atoms with E-state index in [9.17, 15) is 0 Å². The summed E-state index contributed by atoms with van der Waals surface area (Å²) in [4.78, 5) is 2.28. The molecule has 0 radical (unpaired) electrons. The average molecular weight is 668 g/mol. The van der Waals surface area contributed by atoms with E-state index in [1.54, 1.807) is 0 Å². The van der Waals surface area contributed by atoms with Crippen LogP contribution in [0.3, 0.4) is 0 Å².